The van der Waals surface area contributed by atoms with Gasteiger partial charge in [0.2, 0.25) is 0 Å². The highest BCUT2D eigenvalue weighted by atomic mass is 16.6. The summed E-state index contributed by atoms with van der Waals surface area (Å²) in [7, 11) is 2.92. The number of esters is 1. The van der Waals surface area contributed by atoms with Gasteiger partial charge in [0, 0.05) is 18.7 Å². The summed E-state index contributed by atoms with van der Waals surface area (Å²) in [4.78, 5) is 24.9. The molecule has 31 heavy (non-hydrogen) atoms. The summed E-state index contributed by atoms with van der Waals surface area (Å²) in [5.74, 6) is 0.279. The Hall–Kier alpha value is -3.39. The van der Waals surface area contributed by atoms with Gasteiger partial charge in [-0.3, -0.25) is 15.0 Å². The molecule has 1 saturated heterocycles. The van der Waals surface area contributed by atoms with Crippen molar-refractivity contribution in [2.24, 2.45) is 0 Å². The van der Waals surface area contributed by atoms with Crippen LogP contribution in [0.4, 0.5) is 11.4 Å². The van der Waals surface area contributed by atoms with Crippen LogP contribution in [0, 0.1) is 10.1 Å². The average Bonchev–Trinajstić information content (AvgIpc) is 3.33. The molecule has 1 unspecified atom stereocenters. The Balaban J connectivity index is 1.80. The van der Waals surface area contributed by atoms with Crippen molar-refractivity contribution in [1.82, 2.24) is 4.90 Å². The number of hydrogen-bond acceptors (Lipinski definition) is 7. The third-order valence-corrected chi connectivity index (χ3v) is 5.40. The van der Waals surface area contributed by atoms with Crippen LogP contribution in [0.15, 0.2) is 48.5 Å². The molecular formula is C23H27N3O5. The molecule has 0 amide bonds. The molecule has 0 bridgehead atoms. The van der Waals surface area contributed by atoms with Gasteiger partial charge in [0.25, 0.3) is 5.69 Å². The first-order valence-electron chi connectivity index (χ1n) is 10.2. The predicted octanol–water partition coefficient (Wildman–Crippen LogP) is 4.04. The summed E-state index contributed by atoms with van der Waals surface area (Å²) >= 11 is 0. The van der Waals surface area contributed by atoms with Gasteiger partial charge in [0.1, 0.15) is 11.4 Å². The van der Waals surface area contributed by atoms with Crippen molar-refractivity contribution in [2.75, 3.05) is 39.2 Å². The topological polar surface area (TPSA) is 93.9 Å². The first-order chi connectivity index (χ1) is 15.0. The minimum absolute atomic E-state index is 0.0399. The molecule has 1 aliphatic heterocycles. The van der Waals surface area contributed by atoms with Crippen molar-refractivity contribution in [2.45, 2.75) is 18.9 Å². The monoisotopic (exact) mass is 425 g/mol. The molecule has 1 atom stereocenters. The smallest absolute Gasteiger partial charge is 0.330 e. The molecule has 0 spiro atoms. The van der Waals surface area contributed by atoms with Crippen LogP contribution < -0.4 is 10.1 Å². The van der Waals surface area contributed by atoms with E-state index < -0.39 is 10.9 Å². The van der Waals surface area contributed by atoms with E-state index in [1.807, 2.05) is 24.3 Å². The van der Waals surface area contributed by atoms with E-state index in [1.54, 1.807) is 19.2 Å². The first-order valence-corrected chi connectivity index (χ1v) is 10.2. The third-order valence-electron chi connectivity index (χ3n) is 5.40. The van der Waals surface area contributed by atoms with Gasteiger partial charge in [-0.05, 0) is 61.3 Å². The van der Waals surface area contributed by atoms with Crippen molar-refractivity contribution < 1.29 is 19.2 Å². The molecule has 164 valence electrons. The summed E-state index contributed by atoms with van der Waals surface area (Å²) in [6.07, 6.45) is 5.02. The molecule has 2 aromatic rings. The molecule has 0 saturated carbocycles. The number of nitro benzene ring substituents is 1. The zero-order valence-corrected chi connectivity index (χ0v) is 17.7. The fourth-order valence-electron chi connectivity index (χ4n) is 3.73. The molecule has 1 fully saturated rings. The zero-order chi connectivity index (χ0) is 22.2. The number of rotatable bonds is 9. The highest BCUT2D eigenvalue weighted by molar-refractivity contribution is 5.87. The van der Waals surface area contributed by atoms with Gasteiger partial charge < -0.3 is 14.8 Å². The SMILES string of the molecule is COC(=O)/C=C/c1ccc(NCC(c2ccc(OC)cc2)N2CCCC2)c([N+](=O)[O-])c1. The van der Waals surface area contributed by atoms with Crippen LogP contribution >= 0.6 is 0 Å². The number of carbonyl (C=O) groups is 1. The van der Waals surface area contributed by atoms with Gasteiger partial charge in [-0.15, -0.1) is 0 Å². The van der Waals surface area contributed by atoms with Gasteiger partial charge in [-0.2, -0.15) is 0 Å². The third kappa shape index (κ3) is 5.82. The van der Waals surface area contributed by atoms with Crippen LogP contribution in [0.2, 0.25) is 0 Å². The highest BCUT2D eigenvalue weighted by Crippen LogP contribution is 2.30. The molecule has 2 aromatic carbocycles. The summed E-state index contributed by atoms with van der Waals surface area (Å²) in [6.45, 7) is 2.53. The number of nitrogens with zero attached hydrogens (tertiary/aromatic N) is 2. The van der Waals surface area contributed by atoms with Crippen LogP contribution in [0.25, 0.3) is 6.08 Å². The summed E-state index contributed by atoms with van der Waals surface area (Å²) in [5, 5.41) is 14.9. The number of nitro groups is 1. The van der Waals surface area contributed by atoms with E-state index in [4.69, 9.17) is 4.74 Å². The fraction of sp³-hybridized carbons (Fsp3) is 0.348. The lowest BCUT2D eigenvalue weighted by Crippen LogP contribution is -2.31. The predicted molar refractivity (Wildman–Crippen MR) is 119 cm³/mol. The maximum Gasteiger partial charge on any atom is 0.330 e. The number of benzene rings is 2. The molecule has 0 radical (unpaired) electrons. The quantitative estimate of drug-likeness (QED) is 0.280. The molecular weight excluding hydrogens is 398 g/mol. The zero-order valence-electron chi connectivity index (χ0n) is 17.7. The lowest BCUT2D eigenvalue weighted by molar-refractivity contribution is -0.384. The highest BCUT2D eigenvalue weighted by Gasteiger charge is 2.24. The molecule has 0 aliphatic carbocycles. The Labute approximate surface area is 181 Å². The summed E-state index contributed by atoms with van der Waals surface area (Å²) in [6, 6.07) is 12.9. The molecule has 0 aromatic heterocycles. The maximum atomic E-state index is 11.6. The van der Waals surface area contributed by atoms with Gasteiger partial charge in [0.15, 0.2) is 0 Å². The van der Waals surface area contributed by atoms with Crippen molar-refractivity contribution in [3.05, 3.63) is 69.8 Å². The minimum Gasteiger partial charge on any atom is -0.497 e. The average molecular weight is 425 g/mol. The Morgan fingerprint density at radius 1 is 1.19 bits per heavy atom. The van der Waals surface area contributed by atoms with Crippen molar-refractivity contribution in [3.8, 4) is 5.75 Å². The Kier molecular flexibility index (Phi) is 7.61. The van der Waals surface area contributed by atoms with E-state index >= 15 is 0 Å². The number of methoxy groups -OCH3 is 2. The van der Waals surface area contributed by atoms with E-state index in [-0.39, 0.29) is 11.7 Å². The van der Waals surface area contributed by atoms with Crippen LogP contribution in [-0.2, 0) is 9.53 Å². The molecule has 1 heterocycles. The normalized spacial score (nSPS) is 15.0. The summed E-state index contributed by atoms with van der Waals surface area (Å²) in [5.41, 5.74) is 2.09. The number of carbonyl (C=O) groups excluding carboxylic acids is 1. The second-order valence-corrected chi connectivity index (χ2v) is 7.30. The molecule has 3 rings (SSSR count). The Morgan fingerprint density at radius 3 is 2.52 bits per heavy atom. The van der Waals surface area contributed by atoms with Crippen molar-refractivity contribution in [1.29, 1.82) is 0 Å². The number of nitrogens with one attached hydrogen (secondary N) is 1. The Bertz CT molecular complexity index is 937. The van der Waals surface area contributed by atoms with Crippen LogP contribution in [-0.4, -0.2) is 49.6 Å². The van der Waals surface area contributed by atoms with Crippen molar-refractivity contribution >= 4 is 23.4 Å². The van der Waals surface area contributed by atoms with Gasteiger partial charge in [-0.25, -0.2) is 4.79 Å². The van der Waals surface area contributed by atoms with Crippen LogP contribution in [0.3, 0.4) is 0 Å². The number of likely N-dealkylation sites (tertiary alicyclic amines) is 1. The number of ether oxygens (including phenoxy) is 2. The van der Waals surface area contributed by atoms with Crippen molar-refractivity contribution in [3.63, 3.8) is 0 Å². The fourth-order valence-corrected chi connectivity index (χ4v) is 3.73. The van der Waals surface area contributed by atoms with Crippen LogP contribution in [0.1, 0.15) is 30.0 Å². The second-order valence-electron chi connectivity index (χ2n) is 7.30. The molecule has 1 aliphatic rings. The lowest BCUT2D eigenvalue weighted by Gasteiger charge is -2.28. The van der Waals surface area contributed by atoms with Crippen LogP contribution in [0.5, 0.6) is 5.75 Å². The van der Waals surface area contributed by atoms with E-state index in [0.29, 0.717) is 17.8 Å². The molecule has 8 nitrogen and oxygen atoms in total. The number of hydrogen-bond donors (Lipinski definition) is 1. The molecule has 1 N–H and O–H groups in total. The first kappa shape index (κ1) is 22.3. The minimum atomic E-state index is -0.516. The standard InChI is InChI=1S/C23H27N3O5/c1-30-19-9-7-18(8-10-19)22(25-13-3-4-14-25)16-24-20-11-5-17(6-12-23(27)31-2)15-21(20)26(28)29/h5-12,15,22,24H,3-4,13-14,16H2,1-2H3/b12-6+. The van der Waals surface area contributed by atoms with E-state index in [1.165, 1.54) is 25.3 Å². The van der Waals surface area contributed by atoms with E-state index in [9.17, 15) is 14.9 Å². The van der Waals surface area contributed by atoms with Gasteiger partial charge in [0.05, 0.1) is 25.2 Å². The number of anilines is 1. The Morgan fingerprint density at radius 2 is 1.90 bits per heavy atom. The van der Waals surface area contributed by atoms with E-state index in [2.05, 4.69) is 15.0 Å². The lowest BCUT2D eigenvalue weighted by atomic mass is 10.0. The van der Waals surface area contributed by atoms with Gasteiger partial charge >= 0.3 is 5.97 Å². The second kappa shape index (κ2) is 10.6. The van der Waals surface area contributed by atoms with Gasteiger partial charge in [-0.1, -0.05) is 18.2 Å². The van der Waals surface area contributed by atoms with E-state index in [0.717, 1.165) is 37.2 Å². The maximum absolute atomic E-state index is 11.6. The largest absolute Gasteiger partial charge is 0.497 e. The molecule has 8 heteroatoms. The summed E-state index contributed by atoms with van der Waals surface area (Å²) < 4.78 is 9.82.